The second-order valence-electron chi connectivity index (χ2n) is 6.77. The minimum atomic E-state index is -0.581. The molecule has 1 heterocycles. The fourth-order valence-corrected chi connectivity index (χ4v) is 3.17. The van der Waals surface area contributed by atoms with E-state index in [1.54, 1.807) is 0 Å². The van der Waals surface area contributed by atoms with E-state index >= 15 is 0 Å². The van der Waals surface area contributed by atoms with Crippen molar-refractivity contribution in [1.29, 1.82) is 0 Å². The van der Waals surface area contributed by atoms with E-state index in [0.29, 0.717) is 24.6 Å². The topological polar surface area (TPSA) is 39.7 Å². The van der Waals surface area contributed by atoms with Crippen LogP contribution in [0.25, 0.3) is 0 Å². The van der Waals surface area contributed by atoms with E-state index in [4.69, 9.17) is 0 Å². The summed E-state index contributed by atoms with van der Waals surface area (Å²) < 4.78 is 27.2. The van der Waals surface area contributed by atoms with Gasteiger partial charge in [0.25, 0.3) is 0 Å². The van der Waals surface area contributed by atoms with Gasteiger partial charge in [0, 0.05) is 37.0 Å². The van der Waals surface area contributed by atoms with E-state index in [2.05, 4.69) is 44.8 Å². The highest BCUT2D eigenvalue weighted by Gasteiger charge is 2.13. The second-order valence-corrected chi connectivity index (χ2v) is 6.77. The van der Waals surface area contributed by atoms with Crippen molar-refractivity contribution in [2.75, 3.05) is 24.5 Å². The largest absolute Gasteiger partial charge is 0.364 e. The molecule has 0 radical (unpaired) electrons. The third-order valence-corrected chi connectivity index (χ3v) is 4.64. The van der Waals surface area contributed by atoms with Crippen molar-refractivity contribution in [3.8, 4) is 0 Å². The Morgan fingerprint density at radius 1 is 1.14 bits per heavy atom. The van der Waals surface area contributed by atoms with Crippen LogP contribution in [0.3, 0.4) is 0 Å². The number of halogens is 3. The number of guanidine groups is 1. The summed E-state index contributed by atoms with van der Waals surface area (Å²) in [6.07, 6.45) is 4.32. The molecule has 1 aliphatic rings. The Balaban J connectivity index is 0.00000300. The summed E-state index contributed by atoms with van der Waals surface area (Å²) in [4.78, 5) is 6.92. The Kier molecular flexibility index (Phi) is 8.88. The van der Waals surface area contributed by atoms with Crippen molar-refractivity contribution in [3.63, 3.8) is 0 Å². The Morgan fingerprint density at radius 3 is 2.59 bits per heavy atom. The molecule has 0 aliphatic carbocycles. The van der Waals surface area contributed by atoms with Gasteiger partial charge in [-0.15, -0.1) is 24.0 Å². The summed E-state index contributed by atoms with van der Waals surface area (Å²) in [5.41, 5.74) is 2.68. The van der Waals surface area contributed by atoms with Crippen molar-refractivity contribution in [2.24, 2.45) is 4.99 Å². The average molecular weight is 512 g/mol. The van der Waals surface area contributed by atoms with Crippen LogP contribution >= 0.6 is 24.0 Å². The first kappa shape index (κ1) is 23.1. The number of nitrogens with zero attached hydrogens (tertiary/aromatic N) is 2. The molecule has 0 saturated carbocycles. The first-order valence-corrected chi connectivity index (χ1v) is 9.55. The van der Waals surface area contributed by atoms with Crippen LogP contribution < -0.4 is 15.5 Å². The first-order chi connectivity index (χ1) is 13.6. The van der Waals surface area contributed by atoms with Gasteiger partial charge in [-0.3, -0.25) is 0 Å². The summed E-state index contributed by atoms with van der Waals surface area (Å²) in [5, 5.41) is 6.37. The maximum atomic E-state index is 14.0. The lowest BCUT2D eigenvalue weighted by atomic mass is 10.1. The Bertz CT molecular complexity index is 862. The van der Waals surface area contributed by atoms with Crippen LogP contribution in [0.4, 0.5) is 14.5 Å². The Morgan fingerprint density at radius 2 is 1.90 bits per heavy atom. The number of nitrogens with one attached hydrogen (secondary N) is 2. The van der Waals surface area contributed by atoms with Gasteiger partial charge < -0.3 is 15.5 Å². The van der Waals surface area contributed by atoms with Gasteiger partial charge in [0.05, 0.1) is 12.6 Å². The number of aliphatic imine (C=N–C) groups is 1. The van der Waals surface area contributed by atoms with Crippen molar-refractivity contribution >= 4 is 35.6 Å². The Labute approximate surface area is 188 Å². The van der Waals surface area contributed by atoms with Crippen molar-refractivity contribution in [1.82, 2.24) is 10.6 Å². The van der Waals surface area contributed by atoms with E-state index in [1.807, 2.05) is 26.0 Å². The number of anilines is 1. The molecule has 0 aromatic heterocycles. The zero-order valence-electron chi connectivity index (χ0n) is 16.7. The fraction of sp³-hybridized carbons (Fsp3) is 0.318. The molecule has 0 bridgehead atoms. The normalized spacial score (nSPS) is 14.5. The van der Waals surface area contributed by atoms with Crippen LogP contribution in [0.5, 0.6) is 0 Å². The van der Waals surface area contributed by atoms with E-state index in [-0.39, 0.29) is 30.0 Å². The second kappa shape index (κ2) is 11.1. The zero-order valence-corrected chi connectivity index (χ0v) is 19.0. The monoisotopic (exact) mass is 512 g/mol. The van der Waals surface area contributed by atoms with Crippen LogP contribution in [-0.2, 0) is 6.54 Å². The maximum absolute atomic E-state index is 14.0. The van der Waals surface area contributed by atoms with E-state index in [0.717, 1.165) is 24.7 Å². The Hall–Kier alpha value is -2.16. The number of benzene rings is 2. The molecule has 0 amide bonds. The average Bonchev–Trinajstić information content (AvgIpc) is 3.21. The fourth-order valence-electron chi connectivity index (χ4n) is 3.17. The summed E-state index contributed by atoms with van der Waals surface area (Å²) in [5.74, 6) is -0.558. The molecular weight excluding hydrogens is 485 g/mol. The molecule has 3 rings (SSSR count). The van der Waals surface area contributed by atoms with Crippen LogP contribution in [-0.4, -0.2) is 25.6 Å². The van der Waals surface area contributed by atoms with E-state index in [1.165, 1.54) is 17.8 Å². The number of hydrogen-bond donors (Lipinski definition) is 2. The molecule has 1 atom stereocenters. The smallest absolute Gasteiger partial charge is 0.192 e. The standard InChI is InChI=1S/C22H26F2N4.HI/c1-3-25-22(27-16(2)20-10-9-18(23)14-21(20)24)26-15-17-7-6-8-19(13-17)28-11-4-5-12-28;/h4-10,13-14,16H,3,11-12,15H2,1-2H3,(H2,25,26,27);1H. The molecule has 0 fully saturated rings. The molecule has 0 spiro atoms. The molecule has 2 N–H and O–H groups in total. The molecular formula is C22H27F2IN4. The lowest BCUT2D eigenvalue weighted by Crippen LogP contribution is -2.39. The van der Waals surface area contributed by atoms with Crippen molar-refractivity contribution in [2.45, 2.75) is 26.4 Å². The van der Waals surface area contributed by atoms with Gasteiger partial charge in [-0.25, -0.2) is 13.8 Å². The molecule has 1 aliphatic heterocycles. The third-order valence-electron chi connectivity index (χ3n) is 4.64. The molecule has 2 aromatic carbocycles. The predicted molar refractivity (Wildman–Crippen MR) is 126 cm³/mol. The van der Waals surface area contributed by atoms with E-state index in [9.17, 15) is 8.78 Å². The molecule has 29 heavy (non-hydrogen) atoms. The molecule has 4 nitrogen and oxygen atoms in total. The number of hydrogen-bond acceptors (Lipinski definition) is 2. The van der Waals surface area contributed by atoms with Gasteiger partial charge in [0.2, 0.25) is 0 Å². The van der Waals surface area contributed by atoms with E-state index < -0.39 is 11.6 Å². The highest BCUT2D eigenvalue weighted by molar-refractivity contribution is 14.0. The van der Waals surface area contributed by atoms with Gasteiger partial charge in [-0.05, 0) is 37.6 Å². The highest BCUT2D eigenvalue weighted by Crippen LogP contribution is 2.20. The van der Waals surface area contributed by atoms with Crippen LogP contribution in [0.15, 0.2) is 59.6 Å². The summed E-state index contributed by atoms with van der Waals surface area (Å²) in [6.45, 7) is 6.84. The van der Waals surface area contributed by atoms with Gasteiger partial charge in [0.15, 0.2) is 5.96 Å². The molecule has 156 valence electrons. The van der Waals surface area contributed by atoms with Gasteiger partial charge in [-0.2, -0.15) is 0 Å². The molecule has 2 aromatic rings. The molecule has 0 saturated heterocycles. The maximum Gasteiger partial charge on any atom is 0.192 e. The minimum Gasteiger partial charge on any atom is -0.364 e. The minimum absolute atomic E-state index is 0. The van der Waals surface area contributed by atoms with Crippen molar-refractivity contribution < 1.29 is 8.78 Å². The lowest BCUT2D eigenvalue weighted by molar-refractivity contribution is 0.551. The van der Waals surface area contributed by atoms with Crippen molar-refractivity contribution in [3.05, 3.63) is 77.4 Å². The highest BCUT2D eigenvalue weighted by atomic mass is 127. The SMILES string of the molecule is CCNC(=NCc1cccc(N2CC=CC2)c1)NC(C)c1ccc(F)cc1F.I. The van der Waals surface area contributed by atoms with Crippen LogP contribution in [0, 0.1) is 11.6 Å². The molecule has 7 heteroatoms. The van der Waals surface area contributed by atoms with Crippen LogP contribution in [0.1, 0.15) is 31.0 Å². The lowest BCUT2D eigenvalue weighted by Gasteiger charge is -2.19. The zero-order chi connectivity index (χ0) is 19.9. The summed E-state index contributed by atoms with van der Waals surface area (Å²) in [6, 6.07) is 11.6. The predicted octanol–water partition coefficient (Wildman–Crippen LogP) is 4.78. The van der Waals surface area contributed by atoms with Crippen LogP contribution in [0.2, 0.25) is 0 Å². The summed E-state index contributed by atoms with van der Waals surface area (Å²) in [7, 11) is 0. The quantitative estimate of drug-likeness (QED) is 0.254. The molecule has 1 unspecified atom stereocenters. The van der Waals surface area contributed by atoms with Gasteiger partial charge in [0.1, 0.15) is 11.6 Å². The third kappa shape index (κ3) is 6.42. The summed E-state index contributed by atoms with van der Waals surface area (Å²) >= 11 is 0. The van der Waals surface area contributed by atoms with Gasteiger partial charge in [-0.1, -0.05) is 30.4 Å². The first-order valence-electron chi connectivity index (χ1n) is 9.55. The number of rotatable bonds is 6. The van der Waals surface area contributed by atoms with Gasteiger partial charge >= 0.3 is 0 Å².